The van der Waals surface area contributed by atoms with Gasteiger partial charge in [-0.2, -0.15) is 0 Å². The highest BCUT2D eigenvalue weighted by Gasteiger charge is 2.29. The average molecular weight is 265 g/mol. The minimum Gasteiger partial charge on any atom is -0.478 e. The number of hydrogen-bond acceptors (Lipinski definition) is 2. The smallest absolute Gasteiger partial charge is 0.338 e. The van der Waals surface area contributed by atoms with Gasteiger partial charge in [-0.05, 0) is 36.5 Å². The van der Waals surface area contributed by atoms with E-state index in [0.29, 0.717) is 18.5 Å². The lowest BCUT2D eigenvalue weighted by Gasteiger charge is -2.24. The van der Waals surface area contributed by atoms with Gasteiger partial charge >= 0.3 is 5.97 Å². The molecule has 4 heteroatoms. The van der Waals surface area contributed by atoms with Crippen LogP contribution in [0.15, 0.2) is 18.2 Å². The number of benzene rings is 1. The summed E-state index contributed by atoms with van der Waals surface area (Å²) < 4.78 is 13.6. The molecule has 1 aliphatic rings. The molecule has 2 rings (SSSR count). The van der Waals surface area contributed by atoms with Gasteiger partial charge in [0.1, 0.15) is 5.82 Å². The van der Waals surface area contributed by atoms with Gasteiger partial charge in [-0.3, -0.25) is 4.90 Å². The Balaban J connectivity index is 2.08. The molecule has 0 atom stereocenters. The van der Waals surface area contributed by atoms with Crippen molar-refractivity contribution in [2.75, 3.05) is 6.54 Å². The standard InChI is InChI=1S/C15H20FNO2/c1-10(2)8-17(12-4-5-12)9-11-3-6-13(15(18)19)14(16)7-11/h3,6-7,10,12H,4-5,8-9H2,1-2H3,(H,18,19). The SMILES string of the molecule is CC(C)CN(Cc1ccc(C(=O)O)c(F)c1)C1CC1. The first-order chi connectivity index (χ1) is 8.97. The summed E-state index contributed by atoms with van der Waals surface area (Å²) in [7, 11) is 0. The molecule has 104 valence electrons. The van der Waals surface area contributed by atoms with Crippen molar-refractivity contribution < 1.29 is 14.3 Å². The summed E-state index contributed by atoms with van der Waals surface area (Å²) in [6, 6.07) is 5.03. The van der Waals surface area contributed by atoms with Crippen molar-refractivity contribution >= 4 is 5.97 Å². The average Bonchev–Trinajstić information content (AvgIpc) is 3.10. The molecule has 1 N–H and O–H groups in total. The fraction of sp³-hybridized carbons (Fsp3) is 0.533. The van der Waals surface area contributed by atoms with Crippen LogP contribution in [0.4, 0.5) is 4.39 Å². The second-order valence-electron chi connectivity index (χ2n) is 5.67. The van der Waals surface area contributed by atoms with Gasteiger partial charge in [-0.25, -0.2) is 9.18 Å². The van der Waals surface area contributed by atoms with Crippen LogP contribution < -0.4 is 0 Å². The molecule has 0 spiro atoms. The molecule has 3 nitrogen and oxygen atoms in total. The zero-order valence-corrected chi connectivity index (χ0v) is 11.4. The number of aromatic carboxylic acids is 1. The quantitative estimate of drug-likeness (QED) is 0.859. The summed E-state index contributed by atoms with van der Waals surface area (Å²) in [5.41, 5.74) is 0.584. The van der Waals surface area contributed by atoms with E-state index in [1.165, 1.54) is 25.0 Å². The van der Waals surface area contributed by atoms with Gasteiger partial charge < -0.3 is 5.11 Å². The minimum absolute atomic E-state index is 0.259. The monoisotopic (exact) mass is 265 g/mol. The third-order valence-corrected chi connectivity index (χ3v) is 3.31. The second-order valence-corrected chi connectivity index (χ2v) is 5.67. The summed E-state index contributed by atoms with van der Waals surface area (Å²) in [5, 5.41) is 8.81. The summed E-state index contributed by atoms with van der Waals surface area (Å²) in [6.07, 6.45) is 2.42. The van der Waals surface area contributed by atoms with Crippen LogP contribution in [0, 0.1) is 11.7 Å². The van der Waals surface area contributed by atoms with Crippen LogP contribution >= 0.6 is 0 Å². The Kier molecular flexibility index (Phi) is 4.20. The van der Waals surface area contributed by atoms with Gasteiger partial charge in [-0.15, -0.1) is 0 Å². The molecule has 0 heterocycles. The maximum absolute atomic E-state index is 13.6. The van der Waals surface area contributed by atoms with Crippen LogP contribution in [0.2, 0.25) is 0 Å². The number of hydrogen-bond donors (Lipinski definition) is 1. The van der Waals surface area contributed by atoms with Gasteiger partial charge in [0.05, 0.1) is 5.56 Å². The number of nitrogens with zero attached hydrogens (tertiary/aromatic N) is 1. The van der Waals surface area contributed by atoms with Crippen molar-refractivity contribution in [2.24, 2.45) is 5.92 Å². The maximum Gasteiger partial charge on any atom is 0.338 e. The molecule has 1 aliphatic carbocycles. The molecule has 0 unspecified atom stereocenters. The lowest BCUT2D eigenvalue weighted by molar-refractivity contribution is 0.0692. The number of carboxylic acids is 1. The first kappa shape index (κ1) is 14.0. The number of rotatable bonds is 6. The Hall–Kier alpha value is -1.42. The summed E-state index contributed by atoms with van der Waals surface area (Å²) in [6.45, 7) is 6.03. The normalized spacial score (nSPS) is 15.2. The van der Waals surface area contributed by atoms with Gasteiger partial charge in [0.2, 0.25) is 0 Å². The Morgan fingerprint density at radius 1 is 1.47 bits per heavy atom. The van der Waals surface area contributed by atoms with Crippen molar-refractivity contribution in [1.82, 2.24) is 4.90 Å². The van der Waals surface area contributed by atoms with Gasteiger partial charge in [0.15, 0.2) is 0 Å². The van der Waals surface area contributed by atoms with E-state index in [1.807, 2.05) is 0 Å². The lowest BCUT2D eigenvalue weighted by Crippen LogP contribution is -2.29. The van der Waals surface area contributed by atoms with Crippen LogP contribution in [0.5, 0.6) is 0 Å². The number of carboxylic acid groups (broad SMARTS) is 1. The first-order valence-electron chi connectivity index (χ1n) is 6.73. The van der Waals surface area contributed by atoms with Crippen LogP contribution in [-0.4, -0.2) is 28.6 Å². The Labute approximate surface area is 113 Å². The molecule has 1 aromatic rings. The van der Waals surface area contributed by atoms with E-state index in [1.54, 1.807) is 6.07 Å². The topological polar surface area (TPSA) is 40.5 Å². The zero-order chi connectivity index (χ0) is 14.0. The fourth-order valence-corrected chi connectivity index (χ4v) is 2.32. The van der Waals surface area contributed by atoms with Crippen molar-refractivity contribution in [3.63, 3.8) is 0 Å². The summed E-state index contributed by atoms with van der Waals surface area (Å²) in [4.78, 5) is 13.1. The highest BCUT2D eigenvalue weighted by molar-refractivity contribution is 5.87. The molecular formula is C15H20FNO2. The van der Waals surface area contributed by atoms with Crippen molar-refractivity contribution in [3.05, 3.63) is 35.1 Å². The van der Waals surface area contributed by atoms with Crippen LogP contribution in [0.25, 0.3) is 0 Å². The summed E-state index contributed by atoms with van der Waals surface area (Å²) >= 11 is 0. The largest absolute Gasteiger partial charge is 0.478 e. The first-order valence-corrected chi connectivity index (χ1v) is 6.73. The molecule has 0 bridgehead atoms. The highest BCUT2D eigenvalue weighted by atomic mass is 19.1. The Morgan fingerprint density at radius 2 is 2.16 bits per heavy atom. The van der Waals surface area contributed by atoms with Gasteiger partial charge in [0, 0.05) is 19.1 Å². The fourth-order valence-electron chi connectivity index (χ4n) is 2.32. The van der Waals surface area contributed by atoms with E-state index in [2.05, 4.69) is 18.7 Å². The number of carbonyl (C=O) groups is 1. The van der Waals surface area contributed by atoms with Crippen LogP contribution in [-0.2, 0) is 6.54 Å². The van der Waals surface area contributed by atoms with Crippen LogP contribution in [0.1, 0.15) is 42.6 Å². The molecule has 19 heavy (non-hydrogen) atoms. The molecule has 0 aromatic heterocycles. The van der Waals surface area contributed by atoms with E-state index < -0.39 is 11.8 Å². The maximum atomic E-state index is 13.6. The van der Waals surface area contributed by atoms with E-state index in [9.17, 15) is 9.18 Å². The van der Waals surface area contributed by atoms with Crippen molar-refractivity contribution in [1.29, 1.82) is 0 Å². The molecule has 1 saturated carbocycles. The minimum atomic E-state index is -1.22. The highest BCUT2D eigenvalue weighted by Crippen LogP contribution is 2.29. The van der Waals surface area contributed by atoms with E-state index in [-0.39, 0.29) is 5.56 Å². The van der Waals surface area contributed by atoms with Crippen LogP contribution in [0.3, 0.4) is 0 Å². The molecule has 1 aromatic carbocycles. The summed E-state index contributed by atoms with van der Waals surface area (Å²) in [5.74, 6) is -1.29. The third kappa shape index (κ3) is 3.77. The number of halogens is 1. The van der Waals surface area contributed by atoms with Gasteiger partial charge in [-0.1, -0.05) is 19.9 Å². The van der Waals surface area contributed by atoms with Gasteiger partial charge in [0.25, 0.3) is 0 Å². The molecular weight excluding hydrogens is 245 g/mol. The molecule has 0 aliphatic heterocycles. The predicted octanol–water partition coefficient (Wildman–Crippen LogP) is 3.14. The van der Waals surface area contributed by atoms with Crippen molar-refractivity contribution in [3.8, 4) is 0 Å². The predicted molar refractivity (Wildman–Crippen MR) is 71.6 cm³/mol. The molecule has 0 radical (unpaired) electrons. The lowest BCUT2D eigenvalue weighted by atomic mass is 10.1. The Morgan fingerprint density at radius 3 is 2.63 bits per heavy atom. The molecule has 1 fully saturated rings. The second kappa shape index (κ2) is 5.70. The van der Waals surface area contributed by atoms with E-state index in [0.717, 1.165) is 12.1 Å². The van der Waals surface area contributed by atoms with E-state index in [4.69, 9.17) is 5.11 Å². The van der Waals surface area contributed by atoms with Crippen molar-refractivity contribution in [2.45, 2.75) is 39.3 Å². The third-order valence-electron chi connectivity index (χ3n) is 3.31. The Bertz CT molecular complexity index is 469. The molecule has 0 saturated heterocycles. The zero-order valence-electron chi connectivity index (χ0n) is 11.4. The van der Waals surface area contributed by atoms with E-state index >= 15 is 0 Å². The molecule has 0 amide bonds.